The highest BCUT2D eigenvalue weighted by Crippen LogP contribution is 1.96. The van der Waals surface area contributed by atoms with Crippen LogP contribution >= 0.6 is 0 Å². The van der Waals surface area contributed by atoms with Crippen molar-refractivity contribution in [1.82, 2.24) is 15.5 Å². The quantitative estimate of drug-likeness (QED) is 0.561. The van der Waals surface area contributed by atoms with Gasteiger partial charge in [-0.3, -0.25) is 4.79 Å². The zero-order valence-electron chi connectivity index (χ0n) is 7.76. The Morgan fingerprint density at radius 1 is 1.50 bits per heavy atom. The van der Waals surface area contributed by atoms with Crippen LogP contribution in [0.1, 0.15) is 6.92 Å². The summed E-state index contributed by atoms with van der Waals surface area (Å²) in [7, 11) is 1.81. The molecule has 70 valence electrons. The van der Waals surface area contributed by atoms with Crippen LogP contribution in [0, 0.1) is 0 Å². The smallest absolute Gasteiger partial charge is 0.239 e. The van der Waals surface area contributed by atoms with Crippen LogP contribution in [-0.2, 0) is 4.79 Å². The van der Waals surface area contributed by atoms with Crippen molar-refractivity contribution in [3.63, 3.8) is 0 Å². The molecule has 0 radical (unpaired) electrons. The molecule has 0 aromatic carbocycles. The van der Waals surface area contributed by atoms with Gasteiger partial charge >= 0.3 is 0 Å². The lowest BCUT2D eigenvalue weighted by Gasteiger charge is -2.29. The van der Waals surface area contributed by atoms with E-state index in [0.717, 1.165) is 26.2 Å². The molecule has 1 saturated heterocycles. The fourth-order valence-electron chi connectivity index (χ4n) is 1.28. The highest BCUT2D eigenvalue weighted by molar-refractivity contribution is 5.81. The number of nitrogens with one attached hydrogen (secondary N) is 2. The monoisotopic (exact) mass is 171 g/mol. The van der Waals surface area contributed by atoms with Crippen molar-refractivity contribution in [2.24, 2.45) is 0 Å². The van der Waals surface area contributed by atoms with Crippen LogP contribution < -0.4 is 10.6 Å². The lowest BCUT2D eigenvalue weighted by molar-refractivity contribution is -0.133. The Kier molecular flexibility index (Phi) is 3.49. The predicted octanol–water partition coefficient (Wildman–Crippen LogP) is -0.974. The van der Waals surface area contributed by atoms with Gasteiger partial charge in [0.25, 0.3) is 0 Å². The van der Waals surface area contributed by atoms with Gasteiger partial charge in [-0.2, -0.15) is 0 Å². The molecule has 2 N–H and O–H groups in total. The van der Waals surface area contributed by atoms with Gasteiger partial charge in [0.15, 0.2) is 0 Å². The summed E-state index contributed by atoms with van der Waals surface area (Å²) in [4.78, 5) is 13.5. The lowest BCUT2D eigenvalue weighted by Crippen LogP contribution is -2.51. The molecule has 0 saturated carbocycles. The molecule has 1 aliphatic heterocycles. The van der Waals surface area contributed by atoms with E-state index in [2.05, 4.69) is 10.6 Å². The van der Waals surface area contributed by atoms with Crippen molar-refractivity contribution < 1.29 is 4.79 Å². The molecule has 1 fully saturated rings. The largest absolute Gasteiger partial charge is 0.339 e. The number of amides is 1. The second-order valence-corrected chi connectivity index (χ2v) is 3.09. The first-order valence-corrected chi connectivity index (χ1v) is 4.42. The molecular weight excluding hydrogens is 154 g/mol. The van der Waals surface area contributed by atoms with Crippen LogP contribution in [0.15, 0.2) is 0 Å². The van der Waals surface area contributed by atoms with Crippen LogP contribution in [-0.4, -0.2) is 50.1 Å². The van der Waals surface area contributed by atoms with Gasteiger partial charge in [-0.05, 0) is 14.0 Å². The van der Waals surface area contributed by atoms with Gasteiger partial charge in [-0.15, -0.1) is 0 Å². The molecule has 4 nitrogen and oxygen atoms in total. The average Bonchev–Trinajstić information content (AvgIpc) is 2.17. The lowest BCUT2D eigenvalue weighted by atomic mass is 10.2. The van der Waals surface area contributed by atoms with Gasteiger partial charge < -0.3 is 15.5 Å². The Balaban J connectivity index is 2.39. The van der Waals surface area contributed by atoms with E-state index >= 15 is 0 Å². The molecule has 1 heterocycles. The van der Waals surface area contributed by atoms with E-state index in [1.54, 1.807) is 0 Å². The molecule has 0 aromatic heterocycles. The number of carbonyl (C=O) groups is 1. The Morgan fingerprint density at radius 2 is 2.08 bits per heavy atom. The molecule has 4 heteroatoms. The number of nitrogens with zero attached hydrogens (tertiary/aromatic N) is 1. The third-order valence-electron chi connectivity index (χ3n) is 2.23. The van der Waals surface area contributed by atoms with E-state index in [1.165, 1.54) is 0 Å². The predicted molar refractivity (Wildman–Crippen MR) is 48.0 cm³/mol. The van der Waals surface area contributed by atoms with Gasteiger partial charge in [0, 0.05) is 26.2 Å². The maximum Gasteiger partial charge on any atom is 0.239 e. The second-order valence-electron chi connectivity index (χ2n) is 3.09. The van der Waals surface area contributed by atoms with Crippen molar-refractivity contribution in [3.05, 3.63) is 0 Å². The van der Waals surface area contributed by atoms with Crippen LogP contribution in [0.4, 0.5) is 0 Å². The Bertz CT molecular complexity index is 154. The summed E-state index contributed by atoms with van der Waals surface area (Å²) in [5.41, 5.74) is 0. The molecule has 1 aliphatic rings. The summed E-state index contributed by atoms with van der Waals surface area (Å²) in [6.45, 7) is 5.41. The maximum atomic E-state index is 11.6. The maximum absolute atomic E-state index is 11.6. The third-order valence-corrected chi connectivity index (χ3v) is 2.23. The van der Waals surface area contributed by atoms with Crippen LogP contribution in [0.2, 0.25) is 0 Å². The van der Waals surface area contributed by atoms with Crippen molar-refractivity contribution in [1.29, 1.82) is 0 Å². The summed E-state index contributed by atoms with van der Waals surface area (Å²) in [6, 6.07) is -0.0527. The Labute approximate surface area is 73.3 Å². The fourth-order valence-corrected chi connectivity index (χ4v) is 1.28. The first-order valence-electron chi connectivity index (χ1n) is 4.42. The summed E-state index contributed by atoms with van der Waals surface area (Å²) in [5, 5.41) is 6.16. The van der Waals surface area contributed by atoms with Gasteiger partial charge in [0.2, 0.25) is 5.91 Å². The highest BCUT2D eigenvalue weighted by Gasteiger charge is 2.19. The van der Waals surface area contributed by atoms with E-state index in [9.17, 15) is 4.79 Å². The zero-order chi connectivity index (χ0) is 8.97. The van der Waals surface area contributed by atoms with E-state index in [1.807, 2.05) is 18.9 Å². The third kappa shape index (κ3) is 2.19. The van der Waals surface area contributed by atoms with Gasteiger partial charge in [-0.25, -0.2) is 0 Å². The summed E-state index contributed by atoms with van der Waals surface area (Å²) in [5.74, 6) is 0.207. The summed E-state index contributed by atoms with van der Waals surface area (Å²) < 4.78 is 0. The molecule has 0 aromatic rings. The number of likely N-dealkylation sites (N-methyl/N-ethyl adjacent to an activating group) is 1. The van der Waals surface area contributed by atoms with Crippen LogP contribution in [0.25, 0.3) is 0 Å². The topological polar surface area (TPSA) is 44.4 Å². The van der Waals surface area contributed by atoms with E-state index in [-0.39, 0.29) is 11.9 Å². The molecule has 0 bridgehead atoms. The molecule has 0 aliphatic carbocycles. The van der Waals surface area contributed by atoms with Crippen LogP contribution in [0.5, 0.6) is 0 Å². The summed E-state index contributed by atoms with van der Waals surface area (Å²) >= 11 is 0. The van der Waals surface area contributed by atoms with Gasteiger partial charge in [-0.1, -0.05) is 0 Å². The number of rotatable bonds is 2. The van der Waals surface area contributed by atoms with Crippen molar-refractivity contribution >= 4 is 5.91 Å². The second kappa shape index (κ2) is 4.42. The summed E-state index contributed by atoms with van der Waals surface area (Å²) in [6.07, 6.45) is 0. The van der Waals surface area contributed by atoms with Gasteiger partial charge in [0.1, 0.15) is 0 Å². The van der Waals surface area contributed by atoms with Crippen molar-refractivity contribution in [3.8, 4) is 0 Å². The van der Waals surface area contributed by atoms with Crippen molar-refractivity contribution in [2.75, 3.05) is 33.2 Å². The van der Waals surface area contributed by atoms with E-state index in [4.69, 9.17) is 0 Å². The van der Waals surface area contributed by atoms with Gasteiger partial charge in [0.05, 0.1) is 6.04 Å². The standard InChI is InChI=1S/C8H17N3O/c1-7(9-2)8(12)11-5-3-10-4-6-11/h7,9-10H,3-6H2,1-2H3. The fraction of sp³-hybridized carbons (Fsp3) is 0.875. The Hall–Kier alpha value is -0.610. The molecule has 1 atom stereocenters. The number of piperazine rings is 1. The SMILES string of the molecule is CNC(C)C(=O)N1CCNCC1. The van der Waals surface area contributed by atoms with Crippen molar-refractivity contribution in [2.45, 2.75) is 13.0 Å². The number of hydrogen-bond donors (Lipinski definition) is 2. The first kappa shape index (κ1) is 9.48. The van der Waals surface area contributed by atoms with Crippen LogP contribution in [0.3, 0.4) is 0 Å². The molecule has 1 amide bonds. The average molecular weight is 171 g/mol. The highest BCUT2D eigenvalue weighted by atomic mass is 16.2. The Morgan fingerprint density at radius 3 is 2.58 bits per heavy atom. The number of hydrogen-bond acceptors (Lipinski definition) is 3. The molecular formula is C8H17N3O. The zero-order valence-corrected chi connectivity index (χ0v) is 7.76. The normalized spacial score (nSPS) is 20.7. The minimum Gasteiger partial charge on any atom is -0.339 e. The molecule has 1 rings (SSSR count). The van der Waals surface area contributed by atoms with E-state index < -0.39 is 0 Å². The molecule has 0 spiro atoms. The molecule has 12 heavy (non-hydrogen) atoms. The van der Waals surface area contributed by atoms with E-state index in [0.29, 0.717) is 0 Å². The number of carbonyl (C=O) groups excluding carboxylic acids is 1. The minimum absolute atomic E-state index is 0.0527. The first-order chi connectivity index (χ1) is 5.75. The minimum atomic E-state index is -0.0527. The molecule has 1 unspecified atom stereocenters.